The predicted octanol–water partition coefficient (Wildman–Crippen LogP) is 2.25. The van der Waals surface area contributed by atoms with Crippen LogP contribution in [0.2, 0.25) is 0 Å². The second kappa shape index (κ2) is 5.52. The molecule has 6 heteroatoms. The van der Waals surface area contributed by atoms with Gasteiger partial charge in [-0.25, -0.2) is 4.79 Å². The van der Waals surface area contributed by atoms with Crippen molar-refractivity contribution in [2.75, 3.05) is 13.7 Å². The van der Waals surface area contributed by atoms with Crippen LogP contribution in [0.5, 0.6) is 0 Å². The molecule has 0 aromatic carbocycles. The molecule has 1 N–H and O–H groups in total. The summed E-state index contributed by atoms with van der Waals surface area (Å²) < 4.78 is 10.7. The number of amides is 1. The SMILES string of the molecule is CCO[C@@H]1C[C@H](N(C)C(=O)c2ccc(C(=O)O)o2)C1(C)C. The zero-order valence-corrected chi connectivity index (χ0v) is 12.8. The van der Waals surface area contributed by atoms with E-state index >= 15 is 0 Å². The quantitative estimate of drug-likeness (QED) is 0.901. The van der Waals surface area contributed by atoms with Crippen LogP contribution in [-0.4, -0.2) is 47.7 Å². The van der Waals surface area contributed by atoms with Crippen molar-refractivity contribution in [1.82, 2.24) is 4.90 Å². The lowest BCUT2D eigenvalue weighted by atomic mass is 9.64. The molecule has 1 aliphatic rings. The molecule has 1 fully saturated rings. The van der Waals surface area contributed by atoms with Crippen molar-refractivity contribution in [1.29, 1.82) is 0 Å². The molecule has 2 atom stereocenters. The van der Waals surface area contributed by atoms with E-state index in [9.17, 15) is 9.59 Å². The molecular formula is C15H21NO5. The summed E-state index contributed by atoms with van der Waals surface area (Å²) in [6.07, 6.45) is 0.907. The molecule has 0 bridgehead atoms. The van der Waals surface area contributed by atoms with Crippen molar-refractivity contribution < 1.29 is 23.8 Å². The first-order chi connectivity index (χ1) is 9.78. The molecule has 0 unspecified atom stereocenters. The smallest absolute Gasteiger partial charge is 0.371 e. The van der Waals surface area contributed by atoms with Gasteiger partial charge in [-0.3, -0.25) is 4.79 Å². The summed E-state index contributed by atoms with van der Waals surface area (Å²) in [7, 11) is 1.71. The van der Waals surface area contributed by atoms with Gasteiger partial charge in [0.15, 0.2) is 5.76 Å². The number of hydrogen-bond donors (Lipinski definition) is 1. The average Bonchev–Trinajstić information content (AvgIpc) is 2.91. The highest BCUT2D eigenvalue weighted by atomic mass is 16.5. The van der Waals surface area contributed by atoms with Crippen LogP contribution in [-0.2, 0) is 4.74 Å². The van der Waals surface area contributed by atoms with E-state index in [1.54, 1.807) is 11.9 Å². The van der Waals surface area contributed by atoms with Gasteiger partial charge in [0.1, 0.15) is 0 Å². The molecule has 0 radical (unpaired) electrons. The molecular weight excluding hydrogens is 274 g/mol. The summed E-state index contributed by atoms with van der Waals surface area (Å²) in [6.45, 7) is 6.74. The Labute approximate surface area is 123 Å². The van der Waals surface area contributed by atoms with Gasteiger partial charge in [-0.2, -0.15) is 0 Å². The highest BCUT2D eigenvalue weighted by molar-refractivity contribution is 5.93. The van der Waals surface area contributed by atoms with Gasteiger partial charge in [0.2, 0.25) is 5.76 Å². The number of carbonyl (C=O) groups excluding carboxylic acids is 1. The second-order valence-electron chi connectivity index (χ2n) is 5.90. The minimum Gasteiger partial charge on any atom is -0.475 e. The number of carboxylic acid groups (broad SMARTS) is 1. The number of nitrogens with zero attached hydrogens (tertiary/aromatic N) is 1. The van der Waals surface area contributed by atoms with Crippen molar-refractivity contribution in [3.63, 3.8) is 0 Å². The Bertz CT molecular complexity index is 548. The first-order valence-electron chi connectivity index (χ1n) is 7.01. The zero-order valence-electron chi connectivity index (χ0n) is 12.8. The van der Waals surface area contributed by atoms with Crippen LogP contribution in [0, 0.1) is 5.41 Å². The normalized spacial score (nSPS) is 23.4. The molecule has 1 heterocycles. The summed E-state index contributed by atoms with van der Waals surface area (Å²) in [5, 5.41) is 8.83. The van der Waals surface area contributed by atoms with Crippen molar-refractivity contribution in [2.24, 2.45) is 5.41 Å². The summed E-state index contributed by atoms with van der Waals surface area (Å²) in [5.41, 5.74) is -0.136. The Hall–Kier alpha value is -1.82. The molecule has 0 spiro atoms. The molecule has 21 heavy (non-hydrogen) atoms. The van der Waals surface area contributed by atoms with Crippen LogP contribution >= 0.6 is 0 Å². The molecule has 1 saturated carbocycles. The van der Waals surface area contributed by atoms with Gasteiger partial charge in [0.25, 0.3) is 5.91 Å². The molecule has 0 saturated heterocycles. The first-order valence-corrected chi connectivity index (χ1v) is 7.01. The maximum absolute atomic E-state index is 12.4. The van der Waals surface area contributed by atoms with E-state index < -0.39 is 5.97 Å². The highest BCUT2D eigenvalue weighted by Gasteiger charge is 2.52. The van der Waals surface area contributed by atoms with Crippen molar-refractivity contribution in [2.45, 2.75) is 39.3 Å². The van der Waals surface area contributed by atoms with Gasteiger partial charge in [-0.1, -0.05) is 13.8 Å². The molecule has 1 amide bonds. The van der Waals surface area contributed by atoms with Crippen LogP contribution in [0.15, 0.2) is 16.5 Å². The van der Waals surface area contributed by atoms with Crippen molar-refractivity contribution in [3.8, 4) is 0 Å². The monoisotopic (exact) mass is 295 g/mol. The van der Waals surface area contributed by atoms with E-state index in [0.29, 0.717) is 6.61 Å². The van der Waals surface area contributed by atoms with Crippen LogP contribution < -0.4 is 0 Å². The first kappa shape index (κ1) is 15.6. The topological polar surface area (TPSA) is 80.0 Å². The third-order valence-electron chi connectivity index (χ3n) is 4.31. The summed E-state index contributed by atoms with van der Waals surface area (Å²) in [5.74, 6) is -1.68. The molecule has 1 aromatic heterocycles. The highest BCUT2D eigenvalue weighted by Crippen LogP contribution is 2.45. The van der Waals surface area contributed by atoms with Gasteiger partial charge < -0.3 is 19.2 Å². The van der Waals surface area contributed by atoms with Gasteiger partial charge in [0, 0.05) is 25.1 Å². The lowest BCUT2D eigenvalue weighted by molar-refractivity contribution is -0.137. The molecule has 2 rings (SSSR count). The fraction of sp³-hybridized carbons (Fsp3) is 0.600. The van der Waals surface area contributed by atoms with E-state index in [0.717, 1.165) is 6.42 Å². The number of carboxylic acids is 1. The number of furan rings is 1. The Morgan fingerprint density at radius 2 is 2.05 bits per heavy atom. The predicted molar refractivity (Wildman–Crippen MR) is 75.4 cm³/mol. The van der Waals surface area contributed by atoms with Crippen LogP contribution in [0.4, 0.5) is 0 Å². The molecule has 1 aliphatic carbocycles. The fourth-order valence-corrected chi connectivity index (χ4v) is 2.89. The zero-order chi connectivity index (χ0) is 15.8. The number of carbonyl (C=O) groups is 2. The second-order valence-corrected chi connectivity index (χ2v) is 5.90. The third kappa shape index (κ3) is 2.68. The third-order valence-corrected chi connectivity index (χ3v) is 4.31. The van der Waals surface area contributed by atoms with Crippen LogP contribution in [0.25, 0.3) is 0 Å². The largest absolute Gasteiger partial charge is 0.475 e. The lowest BCUT2D eigenvalue weighted by Crippen LogP contribution is -2.62. The standard InChI is InChI=1S/C15H21NO5/c1-5-20-12-8-11(15(12,2)3)16(4)13(17)9-6-7-10(21-9)14(18)19/h6-7,11-12H,5,8H2,1-4H3,(H,18,19)/t11-,12+/m0/s1. The number of aromatic carboxylic acids is 1. The summed E-state index contributed by atoms with van der Waals surface area (Å²) >= 11 is 0. The maximum Gasteiger partial charge on any atom is 0.371 e. The Balaban J connectivity index is 2.08. The fourth-order valence-electron chi connectivity index (χ4n) is 2.89. The van der Waals surface area contributed by atoms with E-state index in [1.165, 1.54) is 12.1 Å². The van der Waals surface area contributed by atoms with E-state index in [1.807, 2.05) is 6.92 Å². The van der Waals surface area contributed by atoms with E-state index in [2.05, 4.69) is 13.8 Å². The molecule has 6 nitrogen and oxygen atoms in total. The average molecular weight is 295 g/mol. The van der Waals surface area contributed by atoms with Gasteiger partial charge in [0.05, 0.1) is 6.10 Å². The van der Waals surface area contributed by atoms with Crippen LogP contribution in [0.1, 0.15) is 48.3 Å². The number of hydrogen-bond acceptors (Lipinski definition) is 4. The summed E-state index contributed by atoms with van der Waals surface area (Å²) in [6, 6.07) is 2.73. The lowest BCUT2D eigenvalue weighted by Gasteiger charge is -2.54. The molecule has 1 aromatic rings. The Morgan fingerprint density at radius 3 is 2.52 bits per heavy atom. The van der Waals surface area contributed by atoms with E-state index in [-0.39, 0.29) is 35.0 Å². The van der Waals surface area contributed by atoms with Crippen molar-refractivity contribution in [3.05, 3.63) is 23.7 Å². The Morgan fingerprint density at radius 1 is 1.43 bits per heavy atom. The molecule has 0 aliphatic heterocycles. The van der Waals surface area contributed by atoms with Gasteiger partial charge in [-0.05, 0) is 25.5 Å². The minimum atomic E-state index is -1.18. The number of ether oxygens (including phenoxy) is 1. The Kier molecular flexibility index (Phi) is 4.09. The minimum absolute atomic E-state index is 0.0416. The van der Waals surface area contributed by atoms with E-state index in [4.69, 9.17) is 14.3 Å². The van der Waals surface area contributed by atoms with Gasteiger partial charge in [-0.15, -0.1) is 0 Å². The van der Waals surface area contributed by atoms with Gasteiger partial charge >= 0.3 is 5.97 Å². The van der Waals surface area contributed by atoms with Crippen LogP contribution in [0.3, 0.4) is 0 Å². The summed E-state index contributed by atoms with van der Waals surface area (Å²) in [4.78, 5) is 24.8. The maximum atomic E-state index is 12.4. The van der Waals surface area contributed by atoms with Crippen molar-refractivity contribution >= 4 is 11.9 Å². The molecule has 116 valence electrons. The number of rotatable bonds is 5.